The fourth-order valence-electron chi connectivity index (χ4n) is 2.33. The topological polar surface area (TPSA) is 69.6 Å². The van der Waals surface area contributed by atoms with Gasteiger partial charge in [0.25, 0.3) is 0 Å². The van der Waals surface area contributed by atoms with E-state index in [0.717, 1.165) is 35.0 Å². The predicted octanol–water partition coefficient (Wildman–Crippen LogP) is 2.62. The molecule has 0 saturated heterocycles. The van der Waals surface area contributed by atoms with Crippen LogP contribution in [0.25, 0.3) is 16.5 Å². The largest absolute Gasteiger partial charge is 0.323 e. The molecule has 0 aliphatic carbocycles. The van der Waals surface area contributed by atoms with Gasteiger partial charge >= 0.3 is 0 Å². The minimum absolute atomic E-state index is 0.0506. The maximum atomic E-state index is 6.08. The quantitative estimate of drug-likeness (QED) is 0.789. The zero-order valence-corrected chi connectivity index (χ0v) is 11.4. The fraction of sp³-hybridized carbons (Fsp3) is 0.267. The van der Waals surface area contributed by atoms with Crippen molar-refractivity contribution in [2.24, 2.45) is 5.73 Å². The Bertz CT molecular complexity index is 714. The summed E-state index contributed by atoms with van der Waals surface area (Å²) in [5, 5.41) is 10.6. The standard InChI is InChI=1S/C15H17N5/c1-2-4-13(16)14-10-20(19-18-14)15-6-3-5-11-9-17-8-7-12(11)15/h3,5-10,13H,2,4,16H2,1H3. The molecule has 5 heteroatoms. The number of pyridine rings is 1. The van der Waals surface area contributed by atoms with Crippen LogP contribution in [0.5, 0.6) is 0 Å². The lowest BCUT2D eigenvalue weighted by atomic mass is 10.1. The van der Waals surface area contributed by atoms with Crippen LogP contribution in [0.4, 0.5) is 0 Å². The van der Waals surface area contributed by atoms with Crippen molar-refractivity contribution in [2.45, 2.75) is 25.8 Å². The Hall–Kier alpha value is -2.27. The first-order chi connectivity index (χ1) is 9.79. The molecule has 0 aliphatic heterocycles. The van der Waals surface area contributed by atoms with Crippen molar-refractivity contribution in [1.29, 1.82) is 0 Å². The van der Waals surface area contributed by atoms with Crippen molar-refractivity contribution >= 4 is 10.8 Å². The van der Waals surface area contributed by atoms with Gasteiger partial charge in [-0.25, -0.2) is 4.68 Å². The Kier molecular flexibility index (Phi) is 3.43. The number of fused-ring (bicyclic) bond motifs is 1. The van der Waals surface area contributed by atoms with Crippen molar-refractivity contribution < 1.29 is 0 Å². The van der Waals surface area contributed by atoms with Crippen LogP contribution in [0.2, 0.25) is 0 Å². The van der Waals surface area contributed by atoms with Gasteiger partial charge in [0.2, 0.25) is 0 Å². The molecule has 0 radical (unpaired) electrons. The number of benzene rings is 1. The number of nitrogens with two attached hydrogens (primary N) is 1. The van der Waals surface area contributed by atoms with E-state index in [4.69, 9.17) is 5.73 Å². The van der Waals surface area contributed by atoms with Crippen molar-refractivity contribution in [3.63, 3.8) is 0 Å². The van der Waals surface area contributed by atoms with E-state index in [1.165, 1.54) is 0 Å². The number of aromatic nitrogens is 4. The van der Waals surface area contributed by atoms with Gasteiger partial charge in [0, 0.05) is 23.2 Å². The van der Waals surface area contributed by atoms with Crippen LogP contribution in [0.15, 0.2) is 42.9 Å². The summed E-state index contributed by atoms with van der Waals surface area (Å²) < 4.78 is 1.78. The molecule has 1 unspecified atom stereocenters. The summed E-state index contributed by atoms with van der Waals surface area (Å²) >= 11 is 0. The molecule has 2 N–H and O–H groups in total. The summed E-state index contributed by atoms with van der Waals surface area (Å²) in [4.78, 5) is 4.14. The minimum atomic E-state index is -0.0506. The van der Waals surface area contributed by atoms with Crippen LogP contribution >= 0.6 is 0 Å². The molecule has 2 heterocycles. The van der Waals surface area contributed by atoms with Gasteiger partial charge in [-0.3, -0.25) is 4.98 Å². The smallest absolute Gasteiger partial charge is 0.0998 e. The van der Waals surface area contributed by atoms with E-state index in [1.807, 2.05) is 36.7 Å². The summed E-state index contributed by atoms with van der Waals surface area (Å²) in [7, 11) is 0. The maximum absolute atomic E-state index is 6.08. The minimum Gasteiger partial charge on any atom is -0.323 e. The van der Waals surface area contributed by atoms with E-state index < -0.39 is 0 Å². The second-order valence-corrected chi connectivity index (χ2v) is 4.86. The summed E-state index contributed by atoms with van der Waals surface area (Å²) in [6.07, 6.45) is 7.49. The van der Waals surface area contributed by atoms with Crippen LogP contribution in [0.3, 0.4) is 0 Å². The molecule has 102 valence electrons. The lowest BCUT2D eigenvalue weighted by Gasteiger charge is -2.06. The van der Waals surface area contributed by atoms with Crippen molar-refractivity contribution in [1.82, 2.24) is 20.0 Å². The van der Waals surface area contributed by atoms with E-state index in [9.17, 15) is 0 Å². The number of hydrogen-bond acceptors (Lipinski definition) is 4. The third kappa shape index (κ3) is 2.28. The van der Waals surface area contributed by atoms with Crippen molar-refractivity contribution in [3.05, 3.63) is 48.5 Å². The van der Waals surface area contributed by atoms with E-state index >= 15 is 0 Å². The van der Waals surface area contributed by atoms with Gasteiger partial charge in [0.15, 0.2) is 0 Å². The molecular formula is C15H17N5. The highest BCUT2D eigenvalue weighted by atomic mass is 15.4. The van der Waals surface area contributed by atoms with Crippen LogP contribution in [-0.4, -0.2) is 20.0 Å². The SMILES string of the molecule is CCCC(N)c1cn(-c2cccc3cnccc23)nn1. The van der Waals surface area contributed by atoms with Crippen molar-refractivity contribution in [3.8, 4) is 5.69 Å². The Morgan fingerprint density at radius 2 is 2.20 bits per heavy atom. The number of hydrogen-bond donors (Lipinski definition) is 1. The molecule has 0 amide bonds. The van der Waals surface area contributed by atoms with E-state index in [0.29, 0.717) is 0 Å². The van der Waals surface area contributed by atoms with Crippen LogP contribution in [0, 0.1) is 0 Å². The van der Waals surface area contributed by atoms with Crippen LogP contribution < -0.4 is 5.73 Å². The van der Waals surface area contributed by atoms with E-state index in [1.54, 1.807) is 10.9 Å². The van der Waals surface area contributed by atoms with Gasteiger partial charge in [0.05, 0.1) is 23.6 Å². The number of nitrogens with zero attached hydrogens (tertiary/aromatic N) is 4. The van der Waals surface area contributed by atoms with Gasteiger partial charge in [-0.1, -0.05) is 30.7 Å². The first-order valence-corrected chi connectivity index (χ1v) is 6.80. The highest BCUT2D eigenvalue weighted by Gasteiger charge is 2.11. The maximum Gasteiger partial charge on any atom is 0.0998 e. The molecule has 20 heavy (non-hydrogen) atoms. The van der Waals surface area contributed by atoms with Gasteiger partial charge in [-0.2, -0.15) is 0 Å². The normalized spacial score (nSPS) is 12.7. The van der Waals surface area contributed by atoms with Gasteiger partial charge in [0.1, 0.15) is 0 Å². The molecule has 1 aromatic carbocycles. The fourth-order valence-corrected chi connectivity index (χ4v) is 2.33. The predicted molar refractivity (Wildman–Crippen MR) is 78.5 cm³/mol. The Balaban J connectivity index is 2.03. The monoisotopic (exact) mass is 267 g/mol. The summed E-state index contributed by atoms with van der Waals surface area (Å²) in [5.41, 5.74) is 7.91. The van der Waals surface area contributed by atoms with E-state index in [2.05, 4.69) is 22.2 Å². The zero-order chi connectivity index (χ0) is 13.9. The molecule has 0 spiro atoms. The number of rotatable bonds is 4. The molecule has 0 saturated carbocycles. The molecule has 3 rings (SSSR count). The second kappa shape index (κ2) is 5.38. The third-order valence-corrected chi connectivity index (χ3v) is 3.40. The second-order valence-electron chi connectivity index (χ2n) is 4.86. The van der Waals surface area contributed by atoms with Crippen LogP contribution in [0.1, 0.15) is 31.5 Å². The molecule has 0 fully saturated rings. The summed E-state index contributed by atoms with van der Waals surface area (Å²) in [5.74, 6) is 0. The van der Waals surface area contributed by atoms with E-state index in [-0.39, 0.29) is 6.04 Å². The Morgan fingerprint density at radius 1 is 1.30 bits per heavy atom. The van der Waals surface area contributed by atoms with Gasteiger partial charge in [-0.15, -0.1) is 5.10 Å². The molecule has 1 atom stereocenters. The van der Waals surface area contributed by atoms with Gasteiger partial charge < -0.3 is 5.73 Å². The average molecular weight is 267 g/mol. The molecule has 0 aliphatic rings. The summed E-state index contributed by atoms with van der Waals surface area (Å²) in [6.45, 7) is 2.11. The first kappa shape index (κ1) is 12.7. The molecule has 5 nitrogen and oxygen atoms in total. The Morgan fingerprint density at radius 3 is 3.05 bits per heavy atom. The van der Waals surface area contributed by atoms with Crippen molar-refractivity contribution in [2.75, 3.05) is 0 Å². The molecule has 2 aromatic heterocycles. The lowest BCUT2D eigenvalue weighted by Crippen LogP contribution is -2.10. The Labute approximate surface area is 117 Å². The first-order valence-electron chi connectivity index (χ1n) is 6.80. The highest BCUT2D eigenvalue weighted by molar-refractivity contribution is 5.89. The molecular weight excluding hydrogens is 250 g/mol. The lowest BCUT2D eigenvalue weighted by molar-refractivity contribution is 0.619. The van der Waals surface area contributed by atoms with Gasteiger partial charge in [-0.05, 0) is 18.6 Å². The zero-order valence-electron chi connectivity index (χ0n) is 11.4. The third-order valence-electron chi connectivity index (χ3n) is 3.40. The molecule has 0 bridgehead atoms. The molecule has 3 aromatic rings. The summed E-state index contributed by atoms with van der Waals surface area (Å²) in [6, 6.07) is 7.98. The van der Waals surface area contributed by atoms with Crippen LogP contribution in [-0.2, 0) is 0 Å². The highest BCUT2D eigenvalue weighted by Crippen LogP contribution is 2.21. The average Bonchev–Trinajstić information content (AvgIpc) is 2.97.